The zero-order valence-corrected chi connectivity index (χ0v) is 21.6. The fraction of sp³-hybridized carbons (Fsp3) is 0.429. The lowest BCUT2D eigenvalue weighted by Gasteiger charge is -2.21. The van der Waals surface area contributed by atoms with E-state index >= 15 is 0 Å². The summed E-state index contributed by atoms with van der Waals surface area (Å²) in [5, 5.41) is 3.27. The molecule has 2 aliphatic heterocycles. The number of rotatable bonds is 5. The predicted octanol–water partition coefficient (Wildman–Crippen LogP) is 4.79. The number of amides is 1. The van der Waals surface area contributed by atoms with Crippen molar-refractivity contribution in [1.82, 2.24) is 4.90 Å². The average molecular weight is 501 g/mol. The summed E-state index contributed by atoms with van der Waals surface area (Å²) in [6.07, 6.45) is 4.35. The highest BCUT2D eigenvalue weighted by atomic mass is 32.2. The zero-order valence-electron chi connectivity index (χ0n) is 18.4. The molecular weight excluding hydrogens is 473 g/mol. The van der Waals surface area contributed by atoms with Crippen LogP contribution in [0.1, 0.15) is 39.2 Å². The molecule has 0 saturated heterocycles. The summed E-state index contributed by atoms with van der Waals surface area (Å²) in [5.41, 5.74) is 2.18. The summed E-state index contributed by atoms with van der Waals surface area (Å²) in [6, 6.07) is 5.78. The lowest BCUT2D eigenvalue weighted by Crippen LogP contribution is -2.23. The van der Waals surface area contributed by atoms with Gasteiger partial charge in [-0.1, -0.05) is 54.6 Å². The molecule has 31 heavy (non-hydrogen) atoms. The number of hydrogen-bond donors (Lipinski definition) is 0. The van der Waals surface area contributed by atoms with Gasteiger partial charge in [-0.05, 0) is 51.0 Å². The van der Waals surface area contributed by atoms with Crippen molar-refractivity contribution in [1.29, 1.82) is 0 Å². The second kappa shape index (κ2) is 11.6. The molecule has 0 atom stereocenters. The van der Waals surface area contributed by atoms with Crippen LogP contribution in [0.5, 0.6) is 0 Å². The quantitative estimate of drug-likeness (QED) is 0.324. The van der Waals surface area contributed by atoms with Crippen LogP contribution in [0, 0.1) is 6.92 Å². The topological polar surface area (TPSA) is 80.5 Å². The van der Waals surface area contributed by atoms with Crippen LogP contribution in [0.3, 0.4) is 0 Å². The van der Waals surface area contributed by atoms with Crippen molar-refractivity contribution < 1.29 is 22.3 Å². The zero-order chi connectivity index (χ0) is 23.2. The molecule has 1 aromatic carbocycles. The summed E-state index contributed by atoms with van der Waals surface area (Å²) in [6.45, 7) is 9.91. The highest BCUT2D eigenvalue weighted by Gasteiger charge is 2.41. The maximum atomic E-state index is 12.6. The lowest BCUT2D eigenvalue weighted by molar-refractivity contribution is -0.433. The Balaban J connectivity index is 0.000000262. The molecule has 0 unspecified atom stereocenters. The van der Waals surface area contributed by atoms with Crippen LogP contribution in [0.25, 0.3) is 0 Å². The van der Waals surface area contributed by atoms with Gasteiger partial charge in [-0.25, -0.2) is 13.2 Å². The van der Waals surface area contributed by atoms with Gasteiger partial charge in [0.05, 0.1) is 4.90 Å². The van der Waals surface area contributed by atoms with Gasteiger partial charge in [0.1, 0.15) is 15.1 Å². The summed E-state index contributed by atoms with van der Waals surface area (Å²) in [5.74, 6) is 0.161. The van der Waals surface area contributed by atoms with Gasteiger partial charge in [0.2, 0.25) is 0 Å². The first kappa shape index (κ1) is 26.1. The Bertz CT molecular complexity index is 1010. The second-order valence-corrected chi connectivity index (χ2v) is 11.2. The number of likely N-dealkylation sites (N-methyl/N-ethyl adjacent to an activating group) is 1. The standard InChI is InChI=1S/C14H21N2OS3.C7H8O3S/c1-5-7-8-16-10(3)9-19-13(16)11-12(17)15(6-2)14(18-4)20-11;1-6-2-4-7(5-3-6)11(8,9)10/h9H,5-8H2,1-4H3;2-5H,1H3,(H,8,9,10)/q+1;/p-1/b13-11-;. The molecule has 0 fully saturated rings. The number of hydrogen-bond acceptors (Lipinski definition) is 8. The third-order valence-corrected chi connectivity index (χ3v) is 8.96. The average Bonchev–Trinajstić information content (AvgIpc) is 3.25. The maximum absolute atomic E-state index is 12.6. The van der Waals surface area contributed by atoms with E-state index in [0.29, 0.717) is 0 Å². The van der Waals surface area contributed by atoms with Crippen molar-refractivity contribution in [3.63, 3.8) is 0 Å². The number of nitrogens with zero attached hydrogens (tertiary/aromatic N) is 2. The lowest BCUT2D eigenvalue weighted by atomic mass is 10.2. The first-order chi connectivity index (χ1) is 14.6. The predicted molar refractivity (Wildman–Crippen MR) is 131 cm³/mol. The van der Waals surface area contributed by atoms with Gasteiger partial charge in [0, 0.05) is 24.0 Å². The van der Waals surface area contributed by atoms with Crippen molar-refractivity contribution in [2.45, 2.75) is 45.4 Å². The van der Waals surface area contributed by atoms with Crippen molar-refractivity contribution in [2.24, 2.45) is 0 Å². The molecule has 0 aliphatic carbocycles. The van der Waals surface area contributed by atoms with Gasteiger partial charge < -0.3 is 9.45 Å². The first-order valence-corrected chi connectivity index (χ1v) is 14.2. The van der Waals surface area contributed by atoms with E-state index in [2.05, 4.69) is 24.2 Å². The van der Waals surface area contributed by atoms with Gasteiger partial charge in [0.25, 0.3) is 4.38 Å². The van der Waals surface area contributed by atoms with Crippen LogP contribution < -0.4 is 0 Å². The Hall–Kier alpha value is -1.20. The van der Waals surface area contributed by atoms with Crippen molar-refractivity contribution >= 4 is 55.7 Å². The van der Waals surface area contributed by atoms with E-state index in [4.69, 9.17) is 0 Å². The summed E-state index contributed by atoms with van der Waals surface area (Å²) < 4.78 is 34.1. The number of carbonyl (C=O) groups excluding carboxylic acids is 1. The fourth-order valence-electron chi connectivity index (χ4n) is 2.85. The van der Waals surface area contributed by atoms with E-state index in [-0.39, 0.29) is 10.8 Å². The summed E-state index contributed by atoms with van der Waals surface area (Å²) in [7, 11) is -4.27. The summed E-state index contributed by atoms with van der Waals surface area (Å²) >= 11 is 4.97. The van der Waals surface area contributed by atoms with Crippen molar-refractivity contribution in [2.75, 3.05) is 19.3 Å². The number of carbonyl (C=O) groups is 1. The molecule has 2 aliphatic rings. The molecule has 6 nitrogen and oxygen atoms in total. The van der Waals surface area contributed by atoms with E-state index < -0.39 is 10.1 Å². The fourth-order valence-corrected chi connectivity index (χ4v) is 6.47. The number of thioether (sulfide) groups is 3. The number of allylic oxidation sites excluding steroid dienone is 1. The Morgan fingerprint density at radius 1 is 1.16 bits per heavy atom. The van der Waals surface area contributed by atoms with Gasteiger partial charge in [0.15, 0.2) is 11.4 Å². The first-order valence-electron chi connectivity index (χ1n) is 9.92. The summed E-state index contributed by atoms with van der Waals surface area (Å²) in [4.78, 5) is 15.6. The monoisotopic (exact) mass is 500 g/mol. The largest absolute Gasteiger partial charge is 0.744 e. The van der Waals surface area contributed by atoms with Gasteiger partial charge >= 0.3 is 5.91 Å². The number of aryl methyl sites for hydroxylation is 1. The van der Waals surface area contributed by atoms with E-state index in [1.54, 1.807) is 47.4 Å². The molecular formula is C21H28N2O4S4. The Labute approximate surface area is 198 Å². The van der Waals surface area contributed by atoms with E-state index in [0.717, 1.165) is 39.4 Å². The molecule has 0 bridgehead atoms. The molecule has 2 heterocycles. The molecule has 10 heteroatoms. The number of unbranched alkanes of at least 4 members (excludes halogenated alkanes) is 1. The molecule has 0 spiro atoms. The van der Waals surface area contributed by atoms with Crippen molar-refractivity contribution in [3.8, 4) is 0 Å². The van der Waals surface area contributed by atoms with E-state index in [1.165, 1.54) is 24.3 Å². The minimum absolute atomic E-state index is 0.161. The third kappa shape index (κ3) is 6.64. The van der Waals surface area contributed by atoms with E-state index in [1.807, 2.05) is 24.7 Å². The van der Waals surface area contributed by atoms with Crippen LogP contribution in [0.4, 0.5) is 0 Å². The molecule has 0 radical (unpaired) electrons. The molecule has 0 N–H and O–H groups in total. The minimum Gasteiger partial charge on any atom is -0.744 e. The SMILES string of the molecule is CCCCN1C(C)=CS/C1=C1\SC(SC)=[N+](CC)C1=O.Cc1ccc(S(=O)(=O)[O-])cc1. The Kier molecular flexibility index (Phi) is 9.75. The Morgan fingerprint density at radius 3 is 2.29 bits per heavy atom. The second-order valence-electron chi connectivity index (χ2n) is 6.91. The van der Waals surface area contributed by atoms with Gasteiger partial charge in [-0.2, -0.15) is 0 Å². The highest BCUT2D eigenvalue weighted by molar-refractivity contribution is 8.40. The van der Waals surface area contributed by atoms with Crippen LogP contribution >= 0.6 is 35.3 Å². The highest BCUT2D eigenvalue weighted by Crippen LogP contribution is 2.43. The minimum atomic E-state index is -4.27. The van der Waals surface area contributed by atoms with Crippen LogP contribution in [-0.4, -0.2) is 52.1 Å². The van der Waals surface area contributed by atoms with Gasteiger partial charge in [-0.3, -0.25) is 0 Å². The molecule has 1 aromatic rings. The number of benzene rings is 1. The molecule has 3 rings (SSSR count). The van der Waals surface area contributed by atoms with Crippen LogP contribution in [0.2, 0.25) is 0 Å². The van der Waals surface area contributed by atoms with Crippen molar-refractivity contribution in [3.05, 3.63) is 50.9 Å². The maximum Gasteiger partial charge on any atom is 0.430 e. The van der Waals surface area contributed by atoms with Gasteiger partial charge in [-0.15, -0.1) is 4.58 Å². The van der Waals surface area contributed by atoms with Crippen LogP contribution in [-0.2, 0) is 14.9 Å². The van der Waals surface area contributed by atoms with E-state index in [9.17, 15) is 17.8 Å². The molecule has 0 saturated carbocycles. The molecule has 0 aromatic heterocycles. The smallest absolute Gasteiger partial charge is 0.430 e. The Morgan fingerprint density at radius 2 is 1.81 bits per heavy atom. The molecule has 1 amide bonds. The third-order valence-electron chi connectivity index (χ3n) is 4.59. The van der Waals surface area contributed by atoms with Crippen LogP contribution in [0.15, 0.2) is 50.2 Å². The normalized spacial score (nSPS) is 19.0. The molecule has 170 valence electrons.